The lowest BCUT2D eigenvalue weighted by Gasteiger charge is -2.01. The van der Waals surface area contributed by atoms with Gasteiger partial charge in [-0.2, -0.15) is 4.99 Å². The van der Waals surface area contributed by atoms with Crippen LogP contribution in [0.5, 0.6) is 0 Å². The molecule has 0 spiro atoms. The Labute approximate surface area is 143 Å². The minimum Gasteiger partial charge on any atom is -0.319 e. The predicted octanol–water partition coefficient (Wildman–Crippen LogP) is 2.45. The first kappa shape index (κ1) is 16.6. The standard InChI is InChI=1S/C17H16N2O3S2/c1-12-8-9-14-15(10-12)23-17(19(14)2)18-16(20)11-24(21,22)13-6-4-3-5-7-13/h3-10H,11H2,1-2H3. The molecular weight excluding hydrogens is 344 g/mol. The third-order valence-corrected chi connectivity index (χ3v) is 6.31. The minimum atomic E-state index is -3.68. The Bertz CT molecular complexity index is 1080. The smallest absolute Gasteiger partial charge is 0.263 e. The van der Waals surface area contributed by atoms with Gasteiger partial charge in [0.15, 0.2) is 14.6 Å². The van der Waals surface area contributed by atoms with E-state index in [0.717, 1.165) is 15.8 Å². The fourth-order valence-corrected chi connectivity index (χ4v) is 4.62. The Morgan fingerprint density at radius 3 is 2.58 bits per heavy atom. The highest BCUT2D eigenvalue weighted by molar-refractivity contribution is 7.92. The summed E-state index contributed by atoms with van der Waals surface area (Å²) in [5.74, 6) is -1.30. The minimum absolute atomic E-state index is 0.130. The Morgan fingerprint density at radius 1 is 1.17 bits per heavy atom. The van der Waals surface area contributed by atoms with E-state index < -0.39 is 21.5 Å². The van der Waals surface area contributed by atoms with E-state index in [1.807, 2.05) is 32.2 Å². The molecule has 124 valence electrons. The number of carbonyl (C=O) groups is 1. The molecular formula is C17H16N2O3S2. The fourth-order valence-electron chi connectivity index (χ4n) is 2.36. The summed E-state index contributed by atoms with van der Waals surface area (Å²) in [5.41, 5.74) is 2.08. The number of sulfone groups is 1. The van der Waals surface area contributed by atoms with E-state index in [1.165, 1.54) is 23.5 Å². The van der Waals surface area contributed by atoms with Crippen molar-refractivity contribution >= 4 is 37.3 Å². The summed E-state index contributed by atoms with van der Waals surface area (Å²) < 4.78 is 27.3. The van der Waals surface area contributed by atoms with Crippen molar-refractivity contribution < 1.29 is 13.2 Å². The summed E-state index contributed by atoms with van der Waals surface area (Å²) in [7, 11) is -1.87. The van der Waals surface area contributed by atoms with E-state index in [-0.39, 0.29) is 4.90 Å². The molecule has 0 saturated carbocycles. The van der Waals surface area contributed by atoms with Crippen LogP contribution in [0.25, 0.3) is 10.2 Å². The molecule has 0 fully saturated rings. The van der Waals surface area contributed by atoms with Crippen molar-refractivity contribution in [1.82, 2.24) is 4.57 Å². The van der Waals surface area contributed by atoms with Crippen molar-refractivity contribution in [2.75, 3.05) is 5.75 Å². The molecule has 24 heavy (non-hydrogen) atoms. The SMILES string of the molecule is Cc1ccc2c(c1)sc(=NC(=O)CS(=O)(=O)c1ccccc1)n2C. The molecule has 0 saturated heterocycles. The van der Waals surface area contributed by atoms with Gasteiger partial charge < -0.3 is 4.57 Å². The summed E-state index contributed by atoms with van der Waals surface area (Å²) in [6.07, 6.45) is 0. The summed E-state index contributed by atoms with van der Waals surface area (Å²) in [6.45, 7) is 1.99. The molecule has 0 radical (unpaired) electrons. The molecule has 1 heterocycles. The van der Waals surface area contributed by atoms with Gasteiger partial charge in [-0.3, -0.25) is 4.79 Å². The Kier molecular flexibility index (Phi) is 4.38. The molecule has 0 bridgehead atoms. The summed E-state index contributed by atoms with van der Waals surface area (Å²) in [6, 6.07) is 13.9. The highest BCUT2D eigenvalue weighted by atomic mass is 32.2. The second kappa shape index (κ2) is 6.33. The Morgan fingerprint density at radius 2 is 1.88 bits per heavy atom. The van der Waals surface area contributed by atoms with Crippen LogP contribution in [0.15, 0.2) is 58.4 Å². The molecule has 5 nitrogen and oxygen atoms in total. The Balaban J connectivity index is 1.94. The van der Waals surface area contributed by atoms with Crippen molar-refractivity contribution in [3.05, 3.63) is 58.9 Å². The maximum absolute atomic E-state index is 12.3. The van der Waals surface area contributed by atoms with Gasteiger partial charge in [-0.05, 0) is 36.8 Å². The van der Waals surface area contributed by atoms with Gasteiger partial charge in [-0.25, -0.2) is 8.42 Å². The number of thiazole rings is 1. The fraction of sp³-hybridized carbons (Fsp3) is 0.176. The third-order valence-electron chi connectivity index (χ3n) is 3.60. The molecule has 0 aliphatic heterocycles. The van der Waals surface area contributed by atoms with E-state index in [4.69, 9.17) is 0 Å². The normalized spacial score (nSPS) is 12.7. The lowest BCUT2D eigenvalue weighted by molar-refractivity contribution is -0.115. The summed E-state index contributed by atoms with van der Waals surface area (Å²) in [4.78, 5) is 16.8. The molecule has 0 unspecified atom stereocenters. The van der Waals surface area contributed by atoms with Crippen LogP contribution in [0.2, 0.25) is 0 Å². The van der Waals surface area contributed by atoms with Crippen LogP contribution < -0.4 is 4.80 Å². The molecule has 2 aromatic carbocycles. The molecule has 1 amide bonds. The largest absolute Gasteiger partial charge is 0.319 e. The Hall–Kier alpha value is -2.25. The first-order valence-electron chi connectivity index (χ1n) is 7.28. The van der Waals surface area contributed by atoms with Crippen LogP contribution in [-0.4, -0.2) is 24.6 Å². The number of amides is 1. The highest BCUT2D eigenvalue weighted by Gasteiger charge is 2.19. The summed E-state index contributed by atoms with van der Waals surface area (Å²) >= 11 is 1.37. The zero-order valence-corrected chi connectivity index (χ0v) is 14.9. The molecule has 3 rings (SSSR count). The van der Waals surface area contributed by atoms with Crippen molar-refractivity contribution in [3.63, 3.8) is 0 Å². The number of hydrogen-bond acceptors (Lipinski definition) is 4. The van der Waals surface area contributed by atoms with Gasteiger partial charge in [0.25, 0.3) is 5.91 Å². The van der Waals surface area contributed by atoms with Crippen molar-refractivity contribution in [3.8, 4) is 0 Å². The van der Waals surface area contributed by atoms with Gasteiger partial charge in [-0.1, -0.05) is 35.6 Å². The number of nitrogens with zero attached hydrogens (tertiary/aromatic N) is 2. The van der Waals surface area contributed by atoms with E-state index >= 15 is 0 Å². The highest BCUT2D eigenvalue weighted by Crippen LogP contribution is 2.18. The number of carbonyl (C=O) groups excluding carboxylic acids is 1. The molecule has 0 atom stereocenters. The van der Waals surface area contributed by atoms with Crippen LogP contribution in [0.4, 0.5) is 0 Å². The van der Waals surface area contributed by atoms with Crippen molar-refractivity contribution in [1.29, 1.82) is 0 Å². The van der Waals surface area contributed by atoms with E-state index in [2.05, 4.69) is 4.99 Å². The maximum Gasteiger partial charge on any atom is 0.263 e. The van der Waals surface area contributed by atoms with Crippen LogP contribution >= 0.6 is 11.3 Å². The maximum atomic E-state index is 12.3. The monoisotopic (exact) mass is 360 g/mol. The van der Waals surface area contributed by atoms with Gasteiger partial charge in [-0.15, -0.1) is 0 Å². The molecule has 3 aromatic rings. The van der Waals surface area contributed by atoms with Crippen molar-refractivity contribution in [2.45, 2.75) is 11.8 Å². The van der Waals surface area contributed by atoms with Crippen LogP contribution in [0.3, 0.4) is 0 Å². The van der Waals surface area contributed by atoms with Crippen molar-refractivity contribution in [2.24, 2.45) is 12.0 Å². The first-order valence-corrected chi connectivity index (χ1v) is 9.75. The second-order valence-electron chi connectivity index (χ2n) is 5.49. The summed E-state index contributed by atoms with van der Waals surface area (Å²) in [5, 5.41) is 0. The van der Waals surface area contributed by atoms with Gasteiger partial charge in [0, 0.05) is 7.05 Å². The predicted molar refractivity (Wildman–Crippen MR) is 94.6 cm³/mol. The van der Waals surface area contributed by atoms with E-state index in [0.29, 0.717) is 4.80 Å². The number of fused-ring (bicyclic) bond motifs is 1. The van der Waals surface area contributed by atoms with Gasteiger partial charge in [0.1, 0.15) is 5.75 Å². The third kappa shape index (κ3) is 3.32. The zero-order valence-electron chi connectivity index (χ0n) is 13.3. The van der Waals surface area contributed by atoms with Crippen LogP contribution in [-0.2, 0) is 21.7 Å². The van der Waals surface area contributed by atoms with Crippen LogP contribution in [0.1, 0.15) is 5.56 Å². The molecule has 1 aromatic heterocycles. The van der Waals surface area contributed by atoms with E-state index in [1.54, 1.807) is 22.8 Å². The topological polar surface area (TPSA) is 68.5 Å². The number of benzene rings is 2. The molecule has 0 aliphatic rings. The number of aryl methyl sites for hydroxylation is 2. The van der Waals surface area contributed by atoms with E-state index in [9.17, 15) is 13.2 Å². The number of hydrogen-bond donors (Lipinski definition) is 0. The lowest BCUT2D eigenvalue weighted by Crippen LogP contribution is -2.19. The molecule has 0 N–H and O–H groups in total. The second-order valence-corrected chi connectivity index (χ2v) is 8.49. The first-order chi connectivity index (χ1) is 11.4. The van der Waals surface area contributed by atoms with Gasteiger partial charge >= 0.3 is 0 Å². The van der Waals surface area contributed by atoms with Crippen LogP contribution in [0, 0.1) is 6.92 Å². The molecule has 7 heteroatoms. The molecule has 0 aliphatic carbocycles. The average Bonchev–Trinajstić information content (AvgIpc) is 2.83. The number of rotatable bonds is 3. The van der Waals surface area contributed by atoms with Gasteiger partial charge in [0.05, 0.1) is 15.1 Å². The average molecular weight is 360 g/mol. The quantitative estimate of drug-likeness (QED) is 0.720. The lowest BCUT2D eigenvalue weighted by atomic mass is 10.2. The number of aromatic nitrogens is 1. The van der Waals surface area contributed by atoms with Gasteiger partial charge in [0.2, 0.25) is 0 Å². The zero-order chi connectivity index (χ0) is 17.3.